The molecule has 0 aromatic heterocycles. The van der Waals surface area contributed by atoms with Crippen LogP contribution in [0.5, 0.6) is 0 Å². The SMILES string of the molecule is CCN(CC)C(CCl)c1ccc(F)cc1. The van der Waals surface area contributed by atoms with E-state index in [0.29, 0.717) is 5.88 Å². The maximum absolute atomic E-state index is 12.8. The second-order valence-electron chi connectivity index (χ2n) is 3.44. The molecule has 0 amide bonds. The van der Waals surface area contributed by atoms with Crippen molar-refractivity contribution in [2.24, 2.45) is 0 Å². The third-order valence-electron chi connectivity index (χ3n) is 2.65. The molecule has 0 fully saturated rings. The van der Waals surface area contributed by atoms with Gasteiger partial charge in [-0.1, -0.05) is 26.0 Å². The van der Waals surface area contributed by atoms with Crippen molar-refractivity contribution in [1.29, 1.82) is 0 Å². The minimum absolute atomic E-state index is 0.183. The molecule has 1 nitrogen and oxygen atoms in total. The molecule has 0 saturated carbocycles. The number of halogens is 2. The Morgan fingerprint density at radius 1 is 1.20 bits per heavy atom. The van der Waals surface area contributed by atoms with Crippen LogP contribution < -0.4 is 0 Å². The smallest absolute Gasteiger partial charge is 0.123 e. The van der Waals surface area contributed by atoms with E-state index in [1.807, 2.05) is 0 Å². The van der Waals surface area contributed by atoms with E-state index >= 15 is 0 Å². The van der Waals surface area contributed by atoms with E-state index in [9.17, 15) is 4.39 Å². The Morgan fingerprint density at radius 2 is 1.73 bits per heavy atom. The summed E-state index contributed by atoms with van der Waals surface area (Å²) in [6.07, 6.45) is 0. The van der Waals surface area contributed by atoms with Crippen LogP contribution in [-0.2, 0) is 0 Å². The van der Waals surface area contributed by atoms with E-state index in [2.05, 4.69) is 18.7 Å². The molecule has 1 aromatic carbocycles. The summed E-state index contributed by atoms with van der Waals surface area (Å²) in [4.78, 5) is 2.26. The second kappa shape index (κ2) is 6.09. The quantitative estimate of drug-likeness (QED) is 0.699. The number of hydrogen-bond donors (Lipinski definition) is 0. The molecular weight excluding hydrogens is 213 g/mol. The molecule has 0 heterocycles. The molecule has 0 bridgehead atoms. The summed E-state index contributed by atoms with van der Waals surface area (Å²) < 4.78 is 12.8. The maximum Gasteiger partial charge on any atom is 0.123 e. The Labute approximate surface area is 95.8 Å². The Morgan fingerprint density at radius 3 is 2.13 bits per heavy atom. The van der Waals surface area contributed by atoms with Crippen LogP contribution in [0.3, 0.4) is 0 Å². The summed E-state index contributed by atoms with van der Waals surface area (Å²) in [5.41, 5.74) is 1.08. The average molecular weight is 230 g/mol. The lowest BCUT2D eigenvalue weighted by Crippen LogP contribution is -2.29. The third-order valence-corrected chi connectivity index (χ3v) is 2.95. The molecule has 3 heteroatoms. The van der Waals surface area contributed by atoms with E-state index < -0.39 is 0 Å². The van der Waals surface area contributed by atoms with Crippen LogP contribution in [0, 0.1) is 5.82 Å². The molecule has 1 atom stereocenters. The molecule has 15 heavy (non-hydrogen) atoms. The summed E-state index contributed by atoms with van der Waals surface area (Å²) in [5.74, 6) is 0.333. The maximum atomic E-state index is 12.8. The third kappa shape index (κ3) is 3.18. The van der Waals surface area contributed by atoms with Crippen molar-refractivity contribution in [3.8, 4) is 0 Å². The van der Waals surface area contributed by atoms with Crippen molar-refractivity contribution in [3.63, 3.8) is 0 Å². The number of alkyl halides is 1. The first-order chi connectivity index (χ1) is 7.22. The first-order valence-corrected chi connectivity index (χ1v) is 5.81. The number of nitrogens with zero attached hydrogens (tertiary/aromatic N) is 1. The van der Waals surface area contributed by atoms with Gasteiger partial charge in [-0.15, -0.1) is 11.6 Å². The van der Waals surface area contributed by atoms with Gasteiger partial charge in [0.1, 0.15) is 5.82 Å². The van der Waals surface area contributed by atoms with E-state index in [1.165, 1.54) is 12.1 Å². The highest BCUT2D eigenvalue weighted by molar-refractivity contribution is 6.18. The molecule has 1 rings (SSSR count). The fourth-order valence-electron chi connectivity index (χ4n) is 1.75. The molecule has 84 valence electrons. The van der Waals surface area contributed by atoms with Gasteiger partial charge in [0.25, 0.3) is 0 Å². The van der Waals surface area contributed by atoms with Gasteiger partial charge in [0.05, 0.1) is 0 Å². The van der Waals surface area contributed by atoms with Crippen molar-refractivity contribution in [2.45, 2.75) is 19.9 Å². The molecule has 0 aliphatic heterocycles. The van der Waals surface area contributed by atoms with Crippen molar-refractivity contribution in [1.82, 2.24) is 4.90 Å². The molecule has 1 aromatic rings. The predicted octanol–water partition coefficient (Wildman–Crippen LogP) is 3.45. The fraction of sp³-hybridized carbons (Fsp3) is 0.500. The number of benzene rings is 1. The molecule has 0 radical (unpaired) electrons. The predicted molar refractivity (Wildman–Crippen MR) is 62.8 cm³/mol. The number of hydrogen-bond acceptors (Lipinski definition) is 1. The lowest BCUT2D eigenvalue weighted by Gasteiger charge is -2.28. The van der Waals surface area contributed by atoms with Crippen molar-refractivity contribution in [3.05, 3.63) is 35.6 Å². The van der Waals surface area contributed by atoms with E-state index in [0.717, 1.165) is 18.7 Å². The van der Waals surface area contributed by atoms with Crippen LogP contribution in [0.2, 0.25) is 0 Å². The normalized spacial score (nSPS) is 13.1. The molecular formula is C12H17ClFN. The van der Waals surface area contributed by atoms with Crippen LogP contribution in [0.25, 0.3) is 0 Å². The largest absolute Gasteiger partial charge is 0.296 e. The zero-order chi connectivity index (χ0) is 11.3. The van der Waals surface area contributed by atoms with Gasteiger partial charge in [-0.2, -0.15) is 0 Å². The molecule has 0 saturated heterocycles. The minimum atomic E-state index is -0.202. The lowest BCUT2D eigenvalue weighted by atomic mass is 10.1. The fourth-order valence-corrected chi connectivity index (χ4v) is 2.12. The van der Waals surface area contributed by atoms with Gasteiger partial charge < -0.3 is 0 Å². The van der Waals surface area contributed by atoms with Gasteiger partial charge in [-0.25, -0.2) is 4.39 Å². The Hall–Kier alpha value is -0.600. The first-order valence-electron chi connectivity index (χ1n) is 5.28. The highest BCUT2D eigenvalue weighted by Crippen LogP contribution is 2.21. The zero-order valence-electron chi connectivity index (χ0n) is 9.21. The van der Waals surface area contributed by atoms with Gasteiger partial charge in [0.2, 0.25) is 0 Å². The van der Waals surface area contributed by atoms with Crippen molar-refractivity contribution >= 4 is 11.6 Å². The molecule has 0 aliphatic rings. The van der Waals surface area contributed by atoms with Crippen LogP contribution in [-0.4, -0.2) is 23.9 Å². The van der Waals surface area contributed by atoms with Crippen LogP contribution in [0.1, 0.15) is 25.5 Å². The Bertz CT molecular complexity index is 282. The Kier molecular flexibility index (Phi) is 5.06. The topological polar surface area (TPSA) is 3.24 Å². The molecule has 0 aliphatic carbocycles. The average Bonchev–Trinajstić information content (AvgIpc) is 2.27. The van der Waals surface area contributed by atoms with Gasteiger partial charge in [0.15, 0.2) is 0 Å². The zero-order valence-corrected chi connectivity index (χ0v) is 9.97. The summed E-state index contributed by atoms with van der Waals surface area (Å²) >= 11 is 5.96. The molecule has 0 spiro atoms. The van der Waals surface area contributed by atoms with Crippen molar-refractivity contribution < 1.29 is 4.39 Å². The van der Waals surface area contributed by atoms with Gasteiger partial charge in [-0.3, -0.25) is 4.90 Å². The minimum Gasteiger partial charge on any atom is -0.296 e. The molecule has 1 unspecified atom stereocenters. The summed E-state index contributed by atoms with van der Waals surface area (Å²) in [5, 5.41) is 0. The number of rotatable bonds is 5. The summed E-state index contributed by atoms with van der Waals surface area (Å²) in [7, 11) is 0. The highest BCUT2D eigenvalue weighted by atomic mass is 35.5. The lowest BCUT2D eigenvalue weighted by molar-refractivity contribution is 0.237. The van der Waals surface area contributed by atoms with Crippen molar-refractivity contribution in [2.75, 3.05) is 19.0 Å². The van der Waals surface area contributed by atoms with Gasteiger partial charge in [-0.05, 0) is 30.8 Å². The highest BCUT2D eigenvalue weighted by Gasteiger charge is 2.16. The summed E-state index contributed by atoms with van der Waals surface area (Å²) in [6, 6.07) is 6.76. The van der Waals surface area contributed by atoms with Crippen LogP contribution >= 0.6 is 11.6 Å². The van der Waals surface area contributed by atoms with Gasteiger partial charge >= 0.3 is 0 Å². The Balaban J connectivity index is 2.86. The van der Waals surface area contributed by atoms with E-state index in [4.69, 9.17) is 11.6 Å². The monoisotopic (exact) mass is 229 g/mol. The van der Waals surface area contributed by atoms with E-state index in [1.54, 1.807) is 12.1 Å². The molecule has 0 N–H and O–H groups in total. The van der Waals surface area contributed by atoms with E-state index in [-0.39, 0.29) is 11.9 Å². The first kappa shape index (κ1) is 12.5. The summed E-state index contributed by atoms with van der Waals surface area (Å²) in [6.45, 7) is 6.11. The second-order valence-corrected chi connectivity index (χ2v) is 3.75. The standard InChI is InChI=1S/C12H17ClFN/c1-3-15(4-2)12(9-13)10-5-7-11(14)8-6-10/h5-8,12H,3-4,9H2,1-2H3. The van der Waals surface area contributed by atoms with Crippen LogP contribution in [0.4, 0.5) is 4.39 Å². The van der Waals surface area contributed by atoms with Gasteiger partial charge in [0, 0.05) is 11.9 Å². The van der Waals surface area contributed by atoms with Crippen LogP contribution in [0.15, 0.2) is 24.3 Å².